The minimum Gasteiger partial charge on any atom is -0.0852 e. The van der Waals surface area contributed by atoms with Gasteiger partial charge in [-0.2, -0.15) is 0 Å². The molecule has 0 radical (unpaired) electrons. The molecule has 0 nitrogen and oxygen atoms in total. The van der Waals surface area contributed by atoms with Crippen LogP contribution in [-0.4, -0.2) is 6.16 Å². The van der Waals surface area contributed by atoms with Crippen LogP contribution < -0.4 is 15.9 Å². The molecule has 0 aromatic heterocycles. The summed E-state index contributed by atoms with van der Waals surface area (Å²) in [6.07, 6.45) is 6.82. The molecule has 0 aliphatic heterocycles. The quantitative estimate of drug-likeness (QED) is 0.443. The van der Waals surface area contributed by atoms with Crippen molar-refractivity contribution in [3.63, 3.8) is 0 Å². The molecule has 0 atom stereocenters. The zero-order chi connectivity index (χ0) is 16.7. The van der Waals surface area contributed by atoms with Gasteiger partial charge in [-0.05, 0) is 42.8 Å². The molecular formula is C23H24P+. The number of hydrogen-bond acceptors (Lipinski definition) is 0. The molecule has 24 heavy (non-hydrogen) atoms. The van der Waals surface area contributed by atoms with Gasteiger partial charge in [0.15, 0.2) is 0 Å². The maximum absolute atomic E-state index is 2.38. The van der Waals surface area contributed by atoms with Crippen LogP contribution in [0.3, 0.4) is 0 Å². The van der Waals surface area contributed by atoms with Crippen molar-refractivity contribution in [3.05, 3.63) is 103 Å². The van der Waals surface area contributed by atoms with Crippen LogP contribution in [0.5, 0.6) is 0 Å². The highest BCUT2D eigenvalue weighted by Crippen LogP contribution is 2.55. The first-order valence-corrected chi connectivity index (χ1v) is 10.6. The van der Waals surface area contributed by atoms with E-state index in [2.05, 4.69) is 110 Å². The molecule has 3 aromatic carbocycles. The Hall–Kier alpha value is -2.17. The van der Waals surface area contributed by atoms with Gasteiger partial charge in [-0.1, -0.05) is 73.7 Å². The Morgan fingerprint density at radius 2 is 0.958 bits per heavy atom. The van der Waals surface area contributed by atoms with Gasteiger partial charge in [0, 0.05) is 0 Å². The van der Waals surface area contributed by atoms with Crippen molar-refractivity contribution < 1.29 is 0 Å². The largest absolute Gasteiger partial charge is 0.115 e. The van der Waals surface area contributed by atoms with Gasteiger partial charge in [0.25, 0.3) is 0 Å². The van der Waals surface area contributed by atoms with Gasteiger partial charge < -0.3 is 0 Å². The van der Waals surface area contributed by atoms with Gasteiger partial charge in [-0.25, -0.2) is 0 Å². The third-order valence-electron chi connectivity index (χ3n) is 4.37. The first-order chi connectivity index (χ1) is 11.9. The molecule has 0 heterocycles. The molecule has 1 heteroatoms. The Labute approximate surface area is 146 Å². The van der Waals surface area contributed by atoms with Crippen LogP contribution in [0.15, 0.2) is 103 Å². The molecule has 0 saturated heterocycles. The highest BCUT2D eigenvalue weighted by atomic mass is 31.2. The lowest BCUT2D eigenvalue weighted by Gasteiger charge is -2.26. The summed E-state index contributed by atoms with van der Waals surface area (Å²) in [5.74, 6) is 0. The Bertz CT molecular complexity index is 664. The molecule has 0 N–H and O–H groups in total. The fourth-order valence-corrected chi connectivity index (χ4v) is 7.25. The average molecular weight is 331 g/mol. The molecular weight excluding hydrogens is 307 g/mol. The van der Waals surface area contributed by atoms with Gasteiger partial charge in [0.1, 0.15) is 23.2 Å². The summed E-state index contributed by atoms with van der Waals surface area (Å²) in [6.45, 7) is 2.20. The summed E-state index contributed by atoms with van der Waals surface area (Å²) in [6, 6.07) is 33.1. The van der Waals surface area contributed by atoms with Crippen molar-refractivity contribution in [2.45, 2.75) is 13.3 Å². The van der Waals surface area contributed by atoms with Gasteiger partial charge in [0.05, 0.1) is 6.16 Å². The first kappa shape index (κ1) is 16.7. The first-order valence-electron chi connectivity index (χ1n) is 8.58. The maximum Gasteiger partial charge on any atom is 0.115 e. The predicted octanol–water partition coefficient (Wildman–Crippen LogP) is 4.95. The second-order valence-electron chi connectivity index (χ2n) is 5.88. The minimum atomic E-state index is -1.67. The van der Waals surface area contributed by atoms with Crippen LogP contribution in [0.1, 0.15) is 13.3 Å². The monoisotopic (exact) mass is 331 g/mol. The number of allylic oxidation sites excluding steroid dienone is 2. The highest BCUT2D eigenvalue weighted by Gasteiger charge is 2.43. The molecule has 0 aliphatic rings. The zero-order valence-corrected chi connectivity index (χ0v) is 15.1. The summed E-state index contributed by atoms with van der Waals surface area (Å²) < 4.78 is 0. The van der Waals surface area contributed by atoms with E-state index < -0.39 is 7.26 Å². The Morgan fingerprint density at radius 1 is 0.583 bits per heavy atom. The Kier molecular flexibility index (Phi) is 5.62. The number of benzene rings is 3. The molecule has 0 amide bonds. The van der Waals surface area contributed by atoms with Gasteiger partial charge in [-0.3, -0.25) is 0 Å². The maximum atomic E-state index is 2.38. The van der Waals surface area contributed by atoms with E-state index in [1.165, 1.54) is 15.9 Å². The lowest BCUT2D eigenvalue weighted by molar-refractivity contribution is 1.22. The number of rotatable bonds is 6. The summed E-state index contributed by atoms with van der Waals surface area (Å²) >= 11 is 0. The zero-order valence-electron chi connectivity index (χ0n) is 14.2. The molecule has 0 unspecified atom stereocenters. The second-order valence-corrected chi connectivity index (χ2v) is 9.41. The third kappa shape index (κ3) is 3.35. The minimum absolute atomic E-state index is 1.07. The molecule has 3 rings (SSSR count). The molecule has 3 aromatic rings. The molecule has 0 fully saturated rings. The van der Waals surface area contributed by atoms with E-state index in [0.717, 1.165) is 12.6 Å². The van der Waals surface area contributed by atoms with Crippen molar-refractivity contribution in [2.24, 2.45) is 0 Å². The number of hydrogen-bond donors (Lipinski definition) is 0. The fourth-order valence-electron chi connectivity index (χ4n) is 3.21. The van der Waals surface area contributed by atoms with Crippen molar-refractivity contribution in [2.75, 3.05) is 6.16 Å². The van der Waals surface area contributed by atoms with Crippen molar-refractivity contribution >= 4 is 23.2 Å². The standard InChI is InChI=1S/C23H24P/c1-2-3-13-20-24(21-14-7-4-8-15-21,22-16-9-5-10-17-22)23-18-11-6-12-19-23/h3-19H,2,20H2,1H3/q+1/b13-3+. The lowest BCUT2D eigenvalue weighted by atomic mass is 10.4. The fraction of sp³-hybridized carbons (Fsp3) is 0.130. The third-order valence-corrected chi connectivity index (χ3v) is 8.67. The van der Waals surface area contributed by atoms with E-state index in [4.69, 9.17) is 0 Å². The topological polar surface area (TPSA) is 0 Å². The van der Waals surface area contributed by atoms with Crippen molar-refractivity contribution in [1.29, 1.82) is 0 Å². The van der Waals surface area contributed by atoms with Crippen LogP contribution >= 0.6 is 7.26 Å². The Morgan fingerprint density at radius 3 is 1.29 bits per heavy atom. The second kappa shape index (κ2) is 8.08. The Balaban J connectivity index is 2.26. The normalized spacial score (nSPS) is 11.7. The van der Waals surface area contributed by atoms with Gasteiger partial charge >= 0.3 is 0 Å². The van der Waals surface area contributed by atoms with Gasteiger partial charge in [-0.15, -0.1) is 0 Å². The van der Waals surface area contributed by atoms with E-state index in [9.17, 15) is 0 Å². The van der Waals surface area contributed by atoms with Crippen LogP contribution in [0, 0.1) is 0 Å². The summed E-state index contributed by atoms with van der Waals surface area (Å²) in [5, 5.41) is 4.34. The van der Waals surface area contributed by atoms with E-state index in [-0.39, 0.29) is 0 Å². The molecule has 0 aliphatic carbocycles. The lowest BCUT2D eigenvalue weighted by Crippen LogP contribution is -2.32. The average Bonchev–Trinajstić information content (AvgIpc) is 2.68. The van der Waals surface area contributed by atoms with Crippen LogP contribution in [-0.2, 0) is 0 Å². The molecule has 0 saturated carbocycles. The molecule has 0 spiro atoms. The van der Waals surface area contributed by atoms with E-state index >= 15 is 0 Å². The summed E-state index contributed by atoms with van der Waals surface area (Å²) in [5.41, 5.74) is 0. The van der Waals surface area contributed by atoms with E-state index in [1.807, 2.05) is 0 Å². The SMILES string of the molecule is CC/C=C/C[P+](c1ccccc1)(c1ccccc1)c1ccccc1. The van der Waals surface area contributed by atoms with E-state index in [1.54, 1.807) is 0 Å². The highest BCUT2D eigenvalue weighted by molar-refractivity contribution is 7.95. The summed E-state index contributed by atoms with van der Waals surface area (Å²) in [7, 11) is -1.67. The predicted molar refractivity (Wildman–Crippen MR) is 109 cm³/mol. The van der Waals surface area contributed by atoms with Crippen LogP contribution in [0.2, 0.25) is 0 Å². The smallest absolute Gasteiger partial charge is 0.0852 e. The van der Waals surface area contributed by atoms with E-state index in [0.29, 0.717) is 0 Å². The van der Waals surface area contributed by atoms with Gasteiger partial charge in [0.2, 0.25) is 0 Å². The van der Waals surface area contributed by atoms with Crippen molar-refractivity contribution in [1.82, 2.24) is 0 Å². The summed E-state index contributed by atoms with van der Waals surface area (Å²) in [4.78, 5) is 0. The van der Waals surface area contributed by atoms with Crippen LogP contribution in [0.4, 0.5) is 0 Å². The van der Waals surface area contributed by atoms with Crippen molar-refractivity contribution in [3.8, 4) is 0 Å². The van der Waals surface area contributed by atoms with Crippen LogP contribution in [0.25, 0.3) is 0 Å². The molecule has 0 bridgehead atoms. The molecule has 120 valence electrons.